The highest BCUT2D eigenvalue weighted by Crippen LogP contribution is 2.27. The SMILES string of the molecule is CCC(C)[C@H](N)CN1CCC(N(CC=C(C)C)c2ccc(OCc3ccccc3)cc2)CC1. The smallest absolute Gasteiger partial charge is 0.119 e. The Bertz CT molecular complexity index is 837. The maximum Gasteiger partial charge on any atom is 0.119 e. The molecule has 2 aromatic carbocycles. The third-order valence-corrected chi connectivity index (χ3v) is 6.95. The van der Waals surface area contributed by atoms with Crippen LogP contribution < -0.4 is 15.4 Å². The Labute approximate surface area is 201 Å². The van der Waals surface area contributed by atoms with E-state index in [1.807, 2.05) is 18.2 Å². The first kappa shape index (κ1) is 25.3. The Morgan fingerprint density at radius 3 is 2.36 bits per heavy atom. The average Bonchev–Trinajstić information content (AvgIpc) is 2.84. The summed E-state index contributed by atoms with van der Waals surface area (Å²) in [5, 5.41) is 0. The van der Waals surface area contributed by atoms with Crippen LogP contribution in [0.2, 0.25) is 0 Å². The summed E-state index contributed by atoms with van der Waals surface area (Å²) >= 11 is 0. The summed E-state index contributed by atoms with van der Waals surface area (Å²) in [4.78, 5) is 5.13. The van der Waals surface area contributed by atoms with Gasteiger partial charge in [-0.1, -0.05) is 62.2 Å². The summed E-state index contributed by atoms with van der Waals surface area (Å²) in [6.45, 7) is 13.7. The summed E-state index contributed by atoms with van der Waals surface area (Å²) < 4.78 is 6.00. The standard InChI is InChI=1S/C29H43N3O/c1-5-24(4)29(30)21-31-18-16-27(17-19-31)32(20-15-23(2)3)26-11-13-28(14-12-26)33-22-25-9-7-6-8-10-25/h6-15,24,27,29H,5,16-22,30H2,1-4H3/t24?,29-/m1/s1. The number of allylic oxidation sites excluding steroid dienone is 1. The molecule has 0 radical (unpaired) electrons. The Kier molecular flexibility index (Phi) is 9.83. The summed E-state index contributed by atoms with van der Waals surface area (Å²) in [5.74, 6) is 1.50. The Morgan fingerprint density at radius 2 is 1.76 bits per heavy atom. The number of benzene rings is 2. The zero-order chi connectivity index (χ0) is 23.6. The Balaban J connectivity index is 1.61. The van der Waals surface area contributed by atoms with Gasteiger partial charge in [-0.25, -0.2) is 0 Å². The molecule has 0 spiro atoms. The van der Waals surface area contributed by atoms with Crippen LogP contribution in [0.4, 0.5) is 5.69 Å². The van der Waals surface area contributed by atoms with Crippen LogP contribution in [0.5, 0.6) is 5.75 Å². The maximum atomic E-state index is 6.43. The summed E-state index contributed by atoms with van der Waals surface area (Å²) in [7, 11) is 0. The van der Waals surface area contributed by atoms with Gasteiger partial charge in [-0.2, -0.15) is 0 Å². The first-order valence-corrected chi connectivity index (χ1v) is 12.6. The first-order chi connectivity index (χ1) is 16.0. The van der Waals surface area contributed by atoms with E-state index in [2.05, 4.69) is 80.0 Å². The average molecular weight is 450 g/mol. The highest BCUT2D eigenvalue weighted by molar-refractivity contribution is 5.51. The van der Waals surface area contributed by atoms with Crippen LogP contribution in [0.3, 0.4) is 0 Å². The summed E-state index contributed by atoms with van der Waals surface area (Å²) in [6, 6.07) is 19.8. The maximum absolute atomic E-state index is 6.43. The molecular formula is C29H43N3O. The number of likely N-dealkylation sites (tertiary alicyclic amines) is 1. The largest absolute Gasteiger partial charge is 0.489 e. The number of hydrogen-bond donors (Lipinski definition) is 1. The molecule has 0 bridgehead atoms. The minimum absolute atomic E-state index is 0.275. The van der Waals surface area contributed by atoms with Crippen molar-refractivity contribution in [1.82, 2.24) is 4.90 Å². The third kappa shape index (κ3) is 7.90. The van der Waals surface area contributed by atoms with Gasteiger partial charge in [0.15, 0.2) is 0 Å². The molecule has 3 rings (SSSR count). The van der Waals surface area contributed by atoms with E-state index in [1.165, 1.54) is 29.7 Å². The van der Waals surface area contributed by atoms with Crippen LogP contribution in [0.15, 0.2) is 66.2 Å². The van der Waals surface area contributed by atoms with Crippen molar-refractivity contribution in [2.24, 2.45) is 11.7 Å². The molecule has 4 heteroatoms. The molecule has 2 aromatic rings. The number of nitrogens with two attached hydrogens (primary N) is 1. The molecule has 4 nitrogen and oxygen atoms in total. The Morgan fingerprint density at radius 1 is 1.09 bits per heavy atom. The van der Waals surface area contributed by atoms with Gasteiger partial charge < -0.3 is 20.3 Å². The quantitative estimate of drug-likeness (QED) is 0.435. The summed E-state index contributed by atoms with van der Waals surface area (Å²) in [6.07, 6.45) is 5.84. The van der Waals surface area contributed by atoms with Gasteiger partial charge >= 0.3 is 0 Å². The lowest BCUT2D eigenvalue weighted by Crippen LogP contribution is -2.49. The minimum atomic E-state index is 0.275. The molecule has 1 heterocycles. The van der Waals surface area contributed by atoms with Gasteiger partial charge in [-0.3, -0.25) is 0 Å². The van der Waals surface area contributed by atoms with Gasteiger partial charge in [0.1, 0.15) is 12.4 Å². The molecule has 1 fully saturated rings. The molecular weight excluding hydrogens is 406 g/mol. The molecule has 1 aliphatic heterocycles. The predicted molar refractivity (Wildman–Crippen MR) is 141 cm³/mol. The lowest BCUT2D eigenvalue weighted by Gasteiger charge is -2.40. The van der Waals surface area contributed by atoms with E-state index in [9.17, 15) is 0 Å². The van der Waals surface area contributed by atoms with Crippen LogP contribution in [0, 0.1) is 5.92 Å². The molecule has 0 amide bonds. The molecule has 2 atom stereocenters. The Hall–Kier alpha value is -2.30. The zero-order valence-electron chi connectivity index (χ0n) is 21.0. The monoisotopic (exact) mass is 449 g/mol. The number of anilines is 1. The van der Waals surface area contributed by atoms with Crippen molar-refractivity contribution in [3.05, 3.63) is 71.8 Å². The lowest BCUT2D eigenvalue weighted by atomic mass is 9.97. The topological polar surface area (TPSA) is 41.7 Å². The van der Waals surface area contributed by atoms with Crippen molar-refractivity contribution in [2.75, 3.05) is 31.1 Å². The highest BCUT2D eigenvalue weighted by atomic mass is 16.5. The van der Waals surface area contributed by atoms with Gasteiger partial charge in [0.2, 0.25) is 0 Å². The molecule has 2 N–H and O–H groups in total. The van der Waals surface area contributed by atoms with Crippen LogP contribution >= 0.6 is 0 Å². The fourth-order valence-corrected chi connectivity index (χ4v) is 4.42. The van der Waals surface area contributed by atoms with Crippen LogP contribution in [0.25, 0.3) is 0 Å². The molecule has 1 unspecified atom stereocenters. The van der Waals surface area contributed by atoms with E-state index in [-0.39, 0.29) is 6.04 Å². The number of hydrogen-bond acceptors (Lipinski definition) is 4. The number of nitrogens with zero attached hydrogens (tertiary/aromatic N) is 2. The van der Waals surface area contributed by atoms with Crippen LogP contribution in [-0.2, 0) is 6.61 Å². The number of ether oxygens (including phenoxy) is 1. The van der Waals surface area contributed by atoms with Crippen molar-refractivity contribution in [2.45, 2.75) is 65.6 Å². The third-order valence-electron chi connectivity index (χ3n) is 6.95. The molecule has 0 aliphatic carbocycles. The molecule has 180 valence electrons. The molecule has 0 aromatic heterocycles. The highest BCUT2D eigenvalue weighted by Gasteiger charge is 2.26. The number of piperidine rings is 1. The van der Waals surface area contributed by atoms with Crippen molar-refractivity contribution in [3.63, 3.8) is 0 Å². The number of rotatable bonds is 11. The zero-order valence-corrected chi connectivity index (χ0v) is 21.0. The van der Waals surface area contributed by atoms with Gasteiger partial charge in [0.25, 0.3) is 0 Å². The van der Waals surface area contributed by atoms with Crippen molar-refractivity contribution >= 4 is 5.69 Å². The minimum Gasteiger partial charge on any atom is -0.489 e. The molecule has 1 saturated heterocycles. The van der Waals surface area contributed by atoms with Crippen molar-refractivity contribution < 1.29 is 4.74 Å². The van der Waals surface area contributed by atoms with Gasteiger partial charge in [-0.05, 0) is 62.4 Å². The van der Waals surface area contributed by atoms with E-state index < -0.39 is 0 Å². The van der Waals surface area contributed by atoms with E-state index >= 15 is 0 Å². The van der Waals surface area contributed by atoms with Gasteiger partial charge in [-0.15, -0.1) is 0 Å². The molecule has 0 saturated carbocycles. The molecule has 33 heavy (non-hydrogen) atoms. The second-order valence-electron chi connectivity index (χ2n) is 9.78. The predicted octanol–water partition coefficient (Wildman–Crippen LogP) is 5.88. The van der Waals surface area contributed by atoms with Gasteiger partial charge in [0.05, 0.1) is 0 Å². The lowest BCUT2D eigenvalue weighted by molar-refractivity contribution is 0.184. The van der Waals surface area contributed by atoms with E-state index in [0.717, 1.165) is 38.3 Å². The first-order valence-electron chi connectivity index (χ1n) is 12.6. The van der Waals surface area contributed by atoms with Crippen molar-refractivity contribution in [1.29, 1.82) is 0 Å². The van der Waals surface area contributed by atoms with E-state index in [0.29, 0.717) is 18.6 Å². The summed E-state index contributed by atoms with van der Waals surface area (Å²) in [5.41, 5.74) is 10.2. The fourth-order valence-electron chi connectivity index (χ4n) is 4.42. The van der Waals surface area contributed by atoms with Crippen LogP contribution in [0.1, 0.15) is 52.5 Å². The van der Waals surface area contributed by atoms with E-state index in [1.54, 1.807) is 0 Å². The van der Waals surface area contributed by atoms with E-state index in [4.69, 9.17) is 10.5 Å². The normalized spacial score (nSPS) is 16.8. The second-order valence-corrected chi connectivity index (χ2v) is 9.78. The van der Waals surface area contributed by atoms with Gasteiger partial charge in [0, 0.05) is 44.0 Å². The fraction of sp³-hybridized carbons (Fsp3) is 0.517. The van der Waals surface area contributed by atoms with Crippen molar-refractivity contribution in [3.8, 4) is 5.75 Å². The molecule has 1 aliphatic rings. The van der Waals surface area contributed by atoms with Crippen LogP contribution in [-0.4, -0.2) is 43.2 Å². The second kappa shape index (κ2) is 12.8.